The van der Waals surface area contributed by atoms with Crippen molar-refractivity contribution in [2.45, 2.75) is 44.9 Å². The second-order valence-corrected chi connectivity index (χ2v) is 5.95. The van der Waals surface area contributed by atoms with E-state index in [9.17, 15) is 4.79 Å². The summed E-state index contributed by atoms with van der Waals surface area (Å²) >= 11 is 0. The lowest BCUT2D eigenvalue weighted by molar-refractivity contribution is -0.131. The van der Waals surface area contributed by atoms with Crippen molar-refractivity contribution in [1.82, 2.24) is 4.90 Å². The van der Waals surface area contributed by atoms with Crippen LogP contribution in [0, 0.1) is 0 Å². The first-order valence-electron chi connectivity index (χ1n) is 7.53. The number of hydrogen-bond acceptors (Lipinski definition) is 3. The van der Waals surface area contributed by atoms with Gasteiger partial charge in [0.15, 0.2) is 0 Å². The first-order chi connectivity index (χ1) is 9.55. The summed E-state index contributed by atoms with van der Waals surface area (Å²) < 4.78 is 5.24. The summed E-state index contributed by atoms with van der Waals surface area (Å²) in [4.78, 5) is 13.6. The molecule has 0 aromatic heterocycles. The Bertz CT molecular complexity index is 472. The molecule has 0 bridgehead atoms. The smallest absolute Gasteiger partial charge is 0.308 e. The van der Waals surface area contributed by atoms with Crippen LogP contribution in [0.1, 0.15) is 45.1 Å². The molecule has 1 heterocycles. The summed E-state index contributed by atoms with van der Waals surface area (Å²) in [6, 6.07) is 8.07. The monoisotopic (exact) mass is 275 g/mol. The summed E-state index contributed by atoms with van der Waals surface area (Å²) in [5.74, 6) is 0.403. The fraction of sp³-hybridized carbons (Fsp3) is 0.588. The first-order valence-corrected chi connectivity index (χ1v) is 7.53. The minimum atomic E-state index is -0.259. The molecule has 1 aromatic rings. The van der Waals surface area contributed by atoms with Crippen LogP contribution < -0.4 is 4.74 Å². The molecule has 3 heteroatoms. The van der Waals surface area contributed by atoms with Crippen LogP contribution in [0.25, 0.3) is 0 Å². The Morgan fingerprint density at radius 2 is 2.20 bits per heavy atom. The van der Waals surface area contributed by atoms with Crippen molar-refractivity contribution in [3.63, 3.8) is 0 Å². The second kappa shape index (κ2) is 6.40. The Balaban J connectivity index is 2.32. The molecule has 3 nitrogen and oxygen atoms in total. The number of esters is 1. The molecule has 0 aliphatic carbocycles. The average molecular weight is 275 g/mol. The van der Waals surface area contributed by atoms with Crippen LogP contribution in [-0.2, 0) is 10.2 Å². The quantitative estimate of drug-likeness (QED) is 0.625. The van der Waals surface area contributed by atoms with Gasteiger partial charge in [-0.15, -0.1) is 0 Å². The van der Waals surface area contributed by atoms with Gasteiger partial charge in [-0.2, -0.15) is 0 Å². The zero-order valence-corrected chi connectivity index (χ0v) is 12.8. The molecule has 0 radical (unpaired) electrons. The molecule has 1 atom stereocenters. The van der Waals surface area contributed by atoms with Gasteiger partial charge >= 0.3 is 5.97 Å². The SMILES string of the molecule is CCC1(c2cccc(OC(C)=O)c2)CCCCN(C)C1. The lowest BCUT2D eigenvalue weighted by Gasteiger charge is -2.35. The third-order valence-electron chi connectivity index (χ3n) is 4.40. The Morgan fingerprint density at radius 1 is 1.40 bits per heavy atom. The molecule has 1 aromatic carbocycles. The van der Waals surface area contributed by atoms with E-state index >= 15 is 0 Å². The Hall–Kier alpha value is -1.35. The van der Waals surface area contributed by atoms with Gasteiger partial charge in [-0.3, -0.25) is 4.79 Å². The van der Waals surface area contributed by atoms with Crippen molar-refractivity contribution in [3.8, 4) is 5.75 Å². The van der Waals surface area contributed by atoms with Crippen LogP contribution in [0.2, 0.25) is 0 Å². The third kappa shape index (κ3) is 3.40. The van der Waals surface area contributed by atoms with Gasteiger partial charge < -0.3 is 9.64 Å². The molecule has 0 spiro atoms. The van der Waals surface area contributed by atoms with Gasteiger partial charge in [0.25, 0.3) is 0 Å². The highest BCUT2D eigenvalue weighted by Crippen LogP contribution is 2.37. The van der Waals surface area contributed by atoms with Crippen molar-refractivity contribution in [1.29, 1.82) is 0 Å². The number of ether oxygens (including phenoxy) is 1. The molecule has 0 amide bonds. The molecule has 0 N–H and O–H groups in total. The Kier molecular flexibility index (Phi) is 4.81. The van der Waals surface area contributed by atoms with E-state index in [1.165, 1.54) is 38.3 Å². The molecule has 1 aliphatic rings. The minimum absolute atomic E-state index is 0.182. The largest absolute Gasteiger partial charge is 0.427 e. The fourth-order valence-corrected chi connectivity index (χ4v) is 3.30. The average Bonchev–Trinajstić information content (AvgIpc) is 2.61. The van der Waals surface area contributed by atoms with E-state index in [0.29, 0.717) is 5.75 Å². The van der Waals surface area contributed by atoms with Gasteiger partial charge in [0.05, 0.1) is 0 Å². The topological polar surface area (TPSA) is 29.5 Å². The van der Waals surface area contributed by atoms with Crippen LogP contribution in [0.4, 0.5) is 0 Å². The predicted molar refractivity (Wildman–Crippen MR) is 81.1 cm³/mol. The third-order valence-corrected chi connectivity index (χ3v) is 4.40. The zero-order valence-electron chi connectivity index (χ0n) is 12.8. The minimum Gasteiger partial charge on any atom is -0.427 e. The molecule has 1 saturated heterocycles. The van der Waals surface area contributed by atoms with E-state index in [1.54, 1.807) is 0 Å². The maximum Gasteiger partial charge on any atom is 0.308 e. The number of carbonyl (C=O) groups is 1. The molecule has 1 unspecified atom stereocenters. The fourth-order valence-electron chi connectivity index (χ4n) is 3.30. The highest BCUT2D eigenvalue weighted by molar-refractivity contribution is 5.69. The first kappa shape index (κ1) is 15.0. The zero-order chi connectivity index (χ0) is 14.6. The lowest BCUT2D eigenvalue weighted by atomic mass is 9.74. The number of carbonyl (C=O) groups excluding carboxylic acids is 1. The van der Waals surface area contributed by atoms with Gasteiger partial charge in [0.2, 0.25) is 0 Å². The number of benzene rings is 1. The van der Waals surface area contributed by atoms with Crippen molar-refractivity contribution >= 4 is 5.97 Å². The lowest BCUT2D eigenvalue weighted by Crippen LogP contribution is -2.37. The van der Waals surface area contributed by atoms with Crippen molar-refractivity contribution < 1.29 is 9.53 Å². The summed E-state index contributed by atoms with van der Waals surface area (Å²) in [5.41, 5.74) is 1.48. The predicted octanol–water partition coefficient (Wildman–Crippen LogP) is 3.38. The Morgan fingerprint density at radius 3 is 2.90 bits per heavy atom. The van der Waals surface area contributed by atoms with Gasteiger partial charge in [0.1, 0.15) is 5.75 Å². The van der Waals surface area contributed by atoms with Gasteiger partial charge in [-0.05, 0) is 50.6 Å². The van der Waals surface area contributed by atoms with Crippen molar-refractivity contribution in [2.75, 3.05) is 20.1 Å². The number of likely N-dealkylation sites (tertiary alicyclic amines) is 1. The maximum atomic E-state index is 11.1. The molecule has 20 heavy (non-hydrogen) atoms. The summed E-state index contributed by atoms with van der Waals surface area (Å²) in [5, 5.41) is 0. The molecule has 110 valence electrons. The Labute approximate surface area is 121 Å². The number of hydrogen-bond donors (Lipinski definition) is 0. The van der Waals surface area contributed by atoms with E-state index in [0.717, 1.165) is 13.0 Å². The van der Waals surface area contributed by atoms with Crippen molar-refractivity contribution in [3.05, 3.63) is 29.8 Å². The summed E-state index contributed by atoms with van der Waals surface area (Å²) in [6.45, 7) is 5.96. The van der Waals surface area contributed by atoms with E-state index in [-0.39, 0.29) is 11.4 Å². The molecule has 0 saturated carbocycles. The van der Waals surface area contributed by atoms with Crippen LogP contribution >= 0.6 is 0 Å². The number of nitrogens with zero attached hydrogens (tertiary/aromatic N) is 1. The van der Waals surface area contributed by atoms with E-state index < -0.39 is 0 Å². The highest BCUT2D eigenvalue weighted by Gasteiger charge is 2.33. The van der Waals surface area contributed by atoms with Gasteiger partial charge in [-0.1, -0.05) is 25.5 Å². The molecule has 1 aliphatic heterocycles. The molecule has 1 fully saturated rings. The second-order valence-electron chi connectivity index (χ2n) is 5.95. The van der Waals surface area contributed by atoms with Crippen LogP contribution in [0.15, 0.2) is 24.3 Å². The van der Waals surface area contributed by atoms with Gasteiger partial charge in [-0.25, -0.2) is 0 Å². The molecular weight excluding hydrogens is 250 g/mol. The van der Waals surface area contributed by atoms with E-state index in [1.807, 2.05) is 18.2 Å². The molecule has 2 rings (SSSR count). The van der Waals surface area contributed by atoms with Crippen LogP contribution in [0.5, 0.6) is 5.75 Å². The van der Waals surface area contributed by atoms with Crippen LogP contribution in [-0.4, -0.2) is 31.0 Å². The van der Waals surface area contributed by atoms with Gasteiger partial charge in [0, 0.05) is 18.9 Å². The van der Waals surface area contributed by atoms with E-state index in [2.05, 4.69) is 24.9 Å². The van der Waals surface area contributed by atoms with Crippen molar-refractivity contribution in [2.24, 2.45) is 0 Å². The number of rotatable bonds is 3. The maximum absolute atomic E-state index is 11.1. The standard InChI is InChI=1S/C17H25NO2/c1-4-17(10-5-6-11-18(3)13-17)15-8-7-9-16(12-15)20-14(2)19/h7-9,12H,4-6,10-11,13H2,1-3H3. The highest BCUT2D eigenvalue weighted by atomic mass is 16.5. The summed E-state index contributed by atoms with van der Waals surface area (Å²) in [7, 11) is 2.20. The van der Waals surface area contributed by atoms with Crippen LogP contribution in [0.3, 0.4) is 0 Å². The molecular formula is C17H25NO2. The number of likely N-dealkylation sites (N-methyl/N-ethyl adjacent to an activating group) is 1. The normalized spacial score (nSPS) is 24.1. The summed E-state index contributed by atoms with van der Waals surface area (Å²) in [6.07, 6.45) is 4.84. The van der Waals surface area contributed by atoms with E-state index in [4.69, 9.17) is 4.74 Å².